The molecule has 0 saturated carbocycles. The smallest absolute Gasteiger partial charge is 0.406 e. The van der Waals surface area contributed by atoms with Gasteiger partial charge in [-0.2, -0.15) is 0 Å². The average molecular weight is 262 g/mol. The Morgan fingerprint density at radius 2 is 1.94 bits per heavy atom. The van der Waals surface area contributed by atoms with Crippen LogP contribution in [0.5, 0.6) is 5.75 Å². The molecule has 0 spiro atoms. The molecule has 1 aromatic rings. The summed E-state index contributed by atoms with van der Waals surface area (Å²) in [5.41, 5.74) is 5.99. The molecule has 0 heterocycles. The van der Waals surface area contributed by atoms with E-state index in [4.69, 9.17) is 5.73 Å². The van der Waals surface area contributed by atoms with Gasteiger partial charge in [-0.05, 0) is 24.6 Å². The van der Waals surface area contributed by atoms with Crippen molar-refractivity contribution in [2.45, 2.75) is 25.9 Å². The zero-order valence-corrected chi connectivity index (χ0v) is 9.62. The van der Waals surface area contributed by atoms with Crippen molar-refractivity contribution in [3.8, 4) is 5.75 Å². The van der Waals surface area contributed by atoms with Gasteiger partial charge in [-0.3, -0.25) is 4.79 Å². The molecule has 0 saturated heterocycles. The van der Waals surface area contributed by atoms with Crippen molar-refractivity contribution >= 4 is 5.91 Å². The average Bonchev–Trinajstić information content (AvgIpc) is 2.25. The summed E-state index contributed by atoms with van der Waals surface area (Å²) in [7, 11) is 0. The van der Waals surface area contributed by atoms with E-state index in [-0.39, 0.29) is 18.2 Å². The third-order valence-corrected chi connectivity index (χ3v) is 2.04. The van der Waals surface area contributed by atoms with Gasteiger partial charge < -0.3 is 15.8 Å². The highest BCUT2D eigenvalue weighted by Gasteiger charge is 2.30. The molecule has 0 bridgehead atoms. The molecule has 1 aromatic carbocycles. The van der Waals surface area contributed by atoms with Gasteiger partial charge in [0.25, 0.3) is 0 Å². The summed E-state index contributed by atoms with van der Waals surface area (Å²) in [5.74, 6) is -0.629. The van der Waals surface area contributed by atoms with E-state index in [2.05, 4.69) is 10.1 Å². The molecule has 3 N–H and O–H groups in total. The number of benzene rings is 1. The number of amides is 1. The van der Waals surface area contributed by atoms with Crippen molar-refractivity contribution in [3.63, 3.8) is 0 Å². The van der Waals surface area contributed by atoms with Crippen LogP contribution in [0.4, 0.5) is 13.2 Å². The minimum absolute atomic E-state index is 0.201. The highest BCUT2D eigenvalue weighted by atomic mass is 19.4. The predicted octanol–water partition coefficient (Wildman–Crippen LogP) is 1.55. The lowest BCUT2D eigenvalue weighted by Crippen LogP contribution is -2.37. The molecule has 0 aliphatic carbocycles. The summed E-state index contributed by atoms with van der Waals surface area (Å²) in [6, 6.07) is 4.60. The van der Waals surface area contributed by atoms with Gasteiger partial charge in [0.15, 0.2) is 0 Å². The minimum Gasteiger partial charge on any atom is -0.406 e. The summed E-state index contributed by atoms with van der Waals surface area (Å²) in [5, 5.41) is 2.54. The fourth-order valence-corrected chi connectivity index (χ4v) is 1.16. The van der Waals surface area contributed by atoms with Crippen LogP contribution >= 0.6 is 0 Å². The van der Waals surface area contributed by atoms with Gasteiger partial charge in [0.2, 0.25) is 5.91 Å². The van der Waals surface area contributed by atoms with E-state index < -0.39 is 12.4 Å². The number of ether oxygens (including phenoxy) is 1. The molecular formula is C11H13F3N2O2. The molecule has 0 aliphatic heterocycles. The molecule has 18 heavy (non-hydrogen) atoms. The Bertz CT molecular complexity index is 402. The van der Waals surface area contributed by atoms with Gasteiger partial charge in [0, 0.05) is 6.54 Å². The van der Waals surface area contributed by atoms with E-state index in [1.807, 2.05) is 0 Å². The standard InChI is InChI=1S/C11H13F3N2O2/c1-7(15)10(17)16-6-8-2-4-9(5-3-8)18-11(12,13)14/h2-5,7H,6,15H2,1H3,(H,16,17)/t7-/m0/s1. The van der Waals surface area contributed by atoms with Crippen molar-refractivity contribution in [1.82, 2.24) is 5.32 Å². The molecular weight excluding hydrogens is 249 g/mol. The Morgan fingerprint density at radius 1 is 1.39 bits per heavy atom. The molecule has 7 heteroatoms. The van der Waals surface area contributed by atoms with Crippen LogP contribution in [0.1, 0.15) is 12.5 Å². The molecule has 0 aliphatic rings. The van der Waals surface area contributed by atoms with Crippen molar-refractivity contribution in [2.24, 2.45) is 5.73 Å². The summed E-state index contributed by atoms with van der Waals surface area (Å²) < 4.78 is 39.4. The van der Waals surface area contributed by atoms with Crippen LogP contribution in [0.2, 0.25) is 0 Å². The quantitative estimate of drug-likeness (QED) is 0.865. The van der Waals surface area contributed by atoms with Crippen LogP contribution < -0.4 is 15.8 Å². The molecule has 1 rings (SSSR count). The van der Waals surface area contributed by atoms with E-state index in [1.165, 1.54) is 31.2 Å². The van der Waals surface area contributed by atoms with E-state index in [1.54, 1.807) is 0 Å². The number of nitrogens with two attached hydrogens (primary N) is 1. The number of rotatable bonds is 4. The third kappa shape index (κ3) is 5.05. The van der Waals surface area contributed by atoms with Crippen molar-refractivity contribution in [3.05, 3.63) is 29.8 Å². The van der Waals surface area contributed by atoms with Crippen LogP contribution in [-0.4, -0.2) is 18.3 Å². The summed E-state index contributed by atoms with van der Waals surface area (Å²) >= 11 is 0. The zero-order chi connectivity index (χ0) is 13.8. The molecule has 0 radical (unpaired) electrons. The Balaban J connectivity index is 2.53. The minimum atomic E-state index is -4.70. The number of nitrogens with one attached hydrogen (secondary N) is 1. The lowest BCUT2D eigenvalue weighted by molar-refractivity contribution is -0.274. The highest BCUT2D eigenvalue weighted by Crippen LogP contribution is 2.22. The SMILES string of the molecule is C[C@H](N)C(=O)NCc1ccc(OC(F)(F)F)cc1. The Hall–Kier alpha value is -1.76. The van der Waals surface area contributed by atoms with E-state index in [0.29, 0.717) is 5.56 Å². The number of carbonyl (C=O) groups excluding carboxylic acids is 1. The fraction of sp³-hybridized carbons (Fsp3) is 0.364. The summed E-state index contributed by atoms with van der Waals surface area (Å²) in [6.07, 6.45) is -4.70. The number of alkyl halides is 3. The van der Waals surface area contributed by atoms with Gasteiger partial charge in [0.05, 0.1) is 6.04 Å². The van der Waals surface area contributed by atoms with Crippen molar-refractivity contribution < 1.29 is 22.7 Å². The number of hydrogen-bond donors (Lipinski definition) is 2. The lowest BCUT2D eigenvalue weighted by atomic mass is 10.2. The van der Waals surface area contributed by atoms with Gasteiger partial charge in [-0.25, -0.2) is 0 Å². The van der Waals surface area contributed by atoms with Gasteiger partial charge in [0.1, 0.15) is 5.75 Å². The first kappa shape index (κ1) is 14.3. The third-order valence-electron chi connectivity index (χ3n) is 2.04. The maximum Gasteiger partial charge on any atom is 0.573 e. The van der Waals surface area contributed by atoms with Crippen LogP contribution in [0.15, 0.2) is 24.3 Å². The molecule has 4 nitrogen and oxygen atoms in total. The monoisotopic (exact) mass is 262 g/mol. The molecule has 1 atom stereocenters. The zero-order valence-electron chi connectivity index (χ0n) is 9.62. The summed E-state index contributed by atoms with van der Waals surface area (Å²) in [6.45, 7) is 1.74. The lowest BCUT2D eigenvalue weighted by Gasteiger charge is -2.10. The fourth-order valence-electron chi connectivity index (χ4n) is 1.16. The van der Waals surface area contributed by atoms with E-state index in [0.717, 1.165) is 0 Å². The number of halogens is 3. The van der Waals surface area contributed by atoms with E-state index in [9.17, 15) is 18.0 Å². The highest BCUT2D eigenvalue weighted by molar-refractivity contribution is 5.80. The summed E-state index contributed by atoms with van der Waals surface area (Å²) in [4.78, 5) is 11.2. The first-order valence-electron chi connectivity index (χ1n) is 5.16. The Labute approximate surface area is 102 Å². The van der Waals surface area contributed by atoms with E-state index >= 15 is 0 Å². The largest absolute Gasteiger partial charge is 0.573 e. The second-order valence-corrected chi connectivity index (χ2v) is 3.70. The molecule has 100 valence electrons. The predicted molar refractivity (Wildman–Crippen MR) is 58.6 cm³/mol. The normalized spacial score (nSPS) is 12.9. The van der Waals surface area contributed by atoms with Crippen LogP contribution in [0.3, 0.4) is 0 Å². The molecule has 1 amide bonds. The van der Waals surface area contributed by atoms with Crippen LogP contribution in [0, 0.1) is 0 Å². The van der Waals surface area contributed by atoms with Gasteiger partial charge >= 0.3 is 6.36 Å². The molecule has 0 aromatic heterocycles. The topological polar surface area (TPSA) is 64.4 Å². The molecule has 0 fully saturated rings. The second-order valence-electron chi connectivity index (χ2n) is 3.70. The van der Waals surface area contributed by atoms with Crippen molar-refractivity contribution in [1.29, 1.82) is 0 Å². The first-order chi connectivity index (χ1) is 8.28. The van der Waals surface area contributed by atoms with Crippen molar-refractivity contribution in [2.75, 3.05) is 0 Å². The second kappa shape index (κ2) is 5.72. The number of carbonyl (C=O) groups is 1. The van der Waals surface area contributed by atoms with Gasteiger partial charge in [-0.15, -0.1) is 13.2 Å². The van der Waals surface area contributed by atoms with Crippen LogP contribution in [0.25, 0.3) is 0 Å². The van der Waals surface area contributed by atoms with Gasteiger partial charge in [-0.1, -0.05) is 12.1 Å². The maximum atomic E-state index is 11.9. The van der Waals surface area contributed by atoms with Crippen LogP contribution in [-0.2, 0) is 11.3 Å². The maximum absolute atomic E-state index is 11.9. The Kier molecular flexibility index (Phi) is 4.55. The number of hydrogen-bond acceptors (Lipinski definition) is 3. The molecule has 0 unspecified atom stereocenters. The Morgan fingerprint density at radius 3 is 2.39 bits per heavy atom. The first-order valence-corrected chi connectivity index (χ1v) is 5.16.